The van der Waals surface area contributed by atoms with Gasteiger partial charge < -0.3 is 10.1 Å². The summed E-state index contributed by atoms with van der Waals surface area (Å²) < 4.78 is 67.5. The standard InChI is InChI=1S/C18H14F5NO2/c19-17(20)26-11-7-5-10(6-8-11)13-9-15(13)24-16(25)12-3-1-2-4-14(12)18(21,22)23/h1-8,13,15,17H,9H2,(H,24,25)/t13?,15-/m1/s1. The van der Waals surface area contributed by atoms with Crippen molar-refractivity contribution in [3.63, 3.8) is 0 Å². The lowest BCUT2D eigenvalue weighted by molar-refractivity contribution is -0.137. The summed E-state index contributed by atoms with van der Waals surface area (Å²) in [6.45, 7) is -2.91. The van der Waals surface area contributed by atoms with Crippen LogP contribution in [0.4, 0.5) is 22.0 Å². The zero-order chi connectivity index (χ0) is 18.9. The number of nitrogens with one attached hydrogen (secondary N) is 1. The van der Waals surface area contributed by atoms with Gasteiger partial charge in [-0.05, 0) is 36.2 Å². The summed E-state index contributed by atoms with van der Waals surface area (Å²) in [5.74, 6) is -0.843. The Morgan fingerprint density at radius 3 is 2.35 bits per heavy atom. The van der Waals surface area contributed by atoms with Crippen LogP contribution in [0.2, 0.25) is 0 Å². The Morgan fingerprint density at radius 2 is 1.73 bits per heavy atom. The van der Waals surface area contributed by atoms with E-state index < -0.39 is 29.8 Å². The van der Waals surface area contributed by atoms with Crippen molar-refractivity contribution in [2.75, 3.05) is 0 Å². The van der Waals surface area contributed by atoms with Crippen molar-refractivity contribution in [2.45, 2.75) is 31.2 Å². The summed E-state index contributed by atoms with van der Waals surface area (Å²) in [4.78, 5) is 12.2. The summed E-state index contributed by atoms with van der Waals surface area (Å²) >= 11 is 0. The van der Waals surface area contributed by atoms with Crippen LogP contribution in [0, 0.1) is 0 Å². The van der Waals surface area contributed by atoms with Crippen molar-refractivity contribution < 1.29 is 31.5 Å². The van der Waals surface area contributed by atoms with E-state index in [4.69, 9.17) is 0 Å². The van der Waals surface area contributed by atoms with Gasteiger partial charge in [0.2, 0.25) is 0 Å². The molecule has 1 fully saturated rings. The largest absolute Gasteiger partial charge is 0.435 e. The van der Waals surface area contributed by atoms with Gasteiger partial charge in [-0.1, -0.05) is 24.3 Å². The molecule has 0 radical (unpaired) electrons. The lowest BCUT2D eigenvalue weighted by Gasteiger charge is -2.12. The highest BCUT2D eigenvalue weighted by atomic mass is 19.4. The predicted molar refractivity (Wildman–Crippen MR) is 83.1 cm³/mol. The van der Waals surface area contributed by atoms with E-state index in [1.54, 1.807) is 12.1 Å². The van der Waals surface area contributed by atoms with E-state index >= 15 is 0 Å². The van der Waals surface area contributed by atoms with Gasteiger partial charge in [0.25, 0.3) is 5.91 Å². The molecule has 1 saturated carbocycles. The van der Waals surface area contributed by atoms with Crippen molar-refractivity contribution in [3.8, 4) is 5.75 Å². The van der Waals surface area contributed by atoms with Gasteiger partial charge in [0.05, 0.1) is 11.1 Å². The minimum absolute atomic E-state index is 0.0177. The van der Waals surface area contributed by atoms with Crippen molar-refractivity contribution >= 4 is 5.91 Å². The molecule has 0 aromatic heterocycles. The Morgan fingerprint density at radius 1 is 1.08 bits per heavy atom. The molecule has 0 spiro atoms. The molecule has 1 unspecified atom stereocenters. The van der Waals surface area contributed by atoms with Crippen molar-refractivity contribution in [1.82, 2.24) is 5.32 Å². The van der Waals surface area contributed by atoms with E-state index in [-0.39, 0.29) is 17.7 Å². The normalized spacial score (nSPS) is 19.3. The highest BCUT2D eigenvalue weighted by Crippen LogP contribution is 2.41. The third-order valence-corrected chi connectivity index (χ3v) is 4.12. The summed E-state index contributed by atoms with van der Waals surface area (Å²) in [5.41, 5.74) is -0.615. The van der Waals surface area contributed by atoms with E-state index in [0.717, 1.165) is 17.7 Å². The summed E-state index contributed by atoms with van der Waals surface area (Å²) in [7, 11) is 0. The average molecular weight is 371 g/mol. The Kier molecular flexibility index (Phi) is 4.84. The molecule has 2 atom stereocenters. The maximum absolute atomic E-state index is 13.0. The molecule has 3 rings (SSSR count). The van der Waals surface area contributed by atoms with Crippen LogP contribution in [0.3, 0.4) is 0 Å². The monoisotopic (exact) mass is 371 g/mol. The highest BCUT2D eigenvalue weighted by molar-refractivity contribution is 5.96. The van der Waals surface area contributed by atoms with E-state index in [1.165, 1.54) is 24.3 Å². The molecule has 0 aliphatic heterocycles. The van der Waals surface area contributed by atoms with Gasteiger partial charge in [-0.3, -0.25) is 4.79 Å². The highest BCUT2D eigenvalue weighted by Gasteiger charge is 2.41. The molecule has 26 heavy (non-hydrogen) atoms. The molecule has 1 amide bonds. The first-order chi connectivity index (χ1) is 12.3. The fraction of sp³-hybridized carbons (Fsp3) is 0.278. The lowest BCUT2D eigenvalue weighted by Crippen LogP contribution is -2.28. The van der Waals surface area contributed by atoms with Crippen LogP contribution >= 0.6 is 0 Å². The second-order valence-electron chi connectivity index (χ2n) is 5.91. The van der Waals surface area contributed by atoms with Gasteiger partial charge in [0.1, 0.15) is 5.75 Å². The third-order valence-electron chi connectivity index (χ3n) is 4.12. The second-order valence-corrected chi connectivity index (χ2v) is 5.91. The molecule has 138 valence electrons. The topological polar surface area (TPSA) is 38.3 Å². The third kappa shape index (κ3) is 4.12. The first-order valence-corrected chi connectivity index (χ1v) is 7.77. The Labute approximate surface area is 145 Å². The zero-order valence-corrected chi connectivity index (χ0v) is 13.3. The molecular formula is C18H14F5NO2. The molecule has 1 aliphatic carbocycles. The molecule has 8 heteroatoms. The van der Waals surface area contributed by atoms with Crippen molar-refractivity contribution in [1.29, 1.82) is 0 Å². The van der Waals surface area contributed by atoms with Gasteiger partial charge >= 0.3 is 12.8 Å². The first-order valence-electron chi connectivity index (χ1n) is 7.77. The van der Waals surface area contributed by atoms with Gasteiger partial charge in [-0.15, -0.1) is 0 Å². The molecule has 1 aliphatic rings. The van der Waals surface area contributed by atoms with E-state index in [2.05, 4.69) is 10.1 Å². The minimum atomic E-state index is -4.61. The van der Waals surface area contributed by atoms with Gasteiger partial charge in [0.15, 0.2) is 0 Å². The van der Waals surface area contributed by atoms with Crippen LogP contribution in [0.15, 0.2) is 48.5 Å². The number of rotatable bonds is 5. The van der Waals surface area contributed by atoms with Crippen molar-refractivity contribution in [2.24, 2.45) is 0 Å². The summed E-state index contributed by atoms with van der Waals surface area (Å²) in [6, 6.07) is 10.3. The Bertz CT molecular complexity index is 789. The maximum Gasteiger partial charge on any atom is 0.417 e. The molecule has 2 aromatic carbocycles. The number of ether oxygens (including phenoxy) is 1. The molecule has 2 aromatic rings. The van der Waals surface area contributed by atoms with Crippen molar-refractivity contribution in [3.05, 3.63) is 65.2 Å². The number of halogens is 5. The molecule has 1 N–H and O–H groups in total. The minimum Gasteiger partial charge on any atom is -0.435 e. The van der Waals surface area contributed by atoms with E-state index in [1.807, 2.05) is 0 Å². The quantitative estimate of drug-likeness (QED) is 0.781. The lowest BCUT2D eigenvalue weighted by atomic mass is 10.1. The number of alkyl halides is 5. The number of benzene rings is 2. The fourth-order valence-corrected chi connectivity index (χ4v) is 2.79. The number of hydrogen-bond acceptors (Lipinski definition) is 2. The first kappa shape index (κ1) is 18.2. The van der Waals surface area contributed by atoms with Gasteiger partial charge in [-0.25, -0.2) is 0 Å². The summed E-state index contributed by atoms with van der Waals surface area (Å²) in [5, 5.41) is 2.59. The molecular weight excluding hydrogens is 357 g/mol. The molecule has 0 heterocycles. The van der Waals surface area contributed by atoms with Gasteiger partial charge in [0, 0.05) is 12.0 Å². The van der Waals surface area contributed by atoms with Crippen LogP contribution in [0.25, 0.3) is 0 Å². The number of carbonyl (C=O) groups excluding carboxylic acids is 1. The molecule has 0 bridgehead atoms. The number of carbonyl (C=O) groups is 1. The number of hydrogen-bond donors (Lipinski definition) is 1. The van der Waals surface area contributed by atoms with E-state index in [0.29, 0.717) is 6.42 Å². The fourth-order valence-electron chi connectivity index (χ4n) is 2.79. The smallest absolute Gasteiger partial charge is 0.417 e. The zero-order valence-electron chi connectivity index (χ0n) is 13.3. The maximum atomic E-state index is 13.0. The summed E-state index contributed by atoms with van der Waals surface area (Å²) in [6.07, 6.45) is -4.05. The molecule has 3 nitrogen and oxygen atoms in total. The van der Waals surface area contributed by atoms with Crippen LogP contribution in [-0.2, 0) is 6.18 Å². The number of amides is 1. The van der Waals surface area contributed by atoms with Crippen LogP contribution in [0.1, 0.15) is 33.8 Å². The SMILES string of the molecule is O=C(N[C@@H]1CC1c1ccc(OC(F)F)cc1)c1ccccc1C(F)(F)F. The average Bonchev–Trinajstić information content (AvgIpc) is 3.33. The Balaban J connectivity index is 1.65. The van der Waals surface area contributed by atoms with Crippen LogP contribution in [-0.4, -0.2) is 18.6 Å². The van der Waals surface area contributed by atoms with Gasteiger partial charge in [-0.2, -0.15) is 22.0 Å². The Hall–Kier alpha value is -2.64. The van der Waals surface area contributed by atoms with E-state index in [9.17, 15) is 26.7 Å². The van der Waals surface area contributed by atoms with Crippen LogP contribution < -0.4 is 10.1 Å². The predicted octanol–water partition coefficient (Wildman–Crippen LogP) is 4.59. The van der Waals surface area contributed by atoms with Crippen LogP contribution in [0.5, 0.6) is 5.75 Å². The molecule has 0 saturated heterocycles. The second kappa shape index (κ2) is 6.93.